The number of nitrogens with one attached hydrogen (secondary N) is 2. The van der Waals surface area contributed by atoms with Crippen LogP contribution in [0, 0.1) is 6.92 Å². The van der Waals surface area contributed by atoms with Crippen LogP contribution in [0.4, 0.5) is 11.8 Å². The number of anilines is 2. The van der Waals surface area contributed by atoms with Crippen molar-refractivity contribution in [3.05, 3.63) is 41.6 Å². The maximum atomic E-state index is 5.24. The van der Waals surface area contributed by atoms with Crippen molar-refractivity contribution in [1.82, 2.24) is 9.97 Å². The van der Waals surface area contributed by atoms with Crippen molar-refractivity contribution in [3.8, 4) is 5.75 Å². The molecule has 0 unspecified atom stereocenters. The summed E-state index contributed by atoms with van der Waals surface area (Å²) >= 11 is 0. The van der Waals surface area contributed by atoms with Gasteiger partial charge in [-0.05, 0) is 37.5 Å². The molecule has 2 N–H and O–H groups in total. The molecule has 0 aliphatic carbocycles. The van der Waals surface area contributed by atoms with Crippen LogP contribution in [0.3, 0.4) is 0 Å². The Labute approximate surface area is 132 Å². The quantitative estimate of drug-likeness (QED) is 0.783. The van der Waals surface area contributed by atoms with E-state index in [9.17, 15) is 0 Å². The van der Waals surface area contributed by atoms with E-state index in [-0.39, 0.29) is 0 Å². The number of aromatic nitrogens is 2. The molecule has 0 atom stereocenters. The van der Waals surface area contributed by atoms with Crippen LogP contribution in [0.15, 0.2) is 30.3 Å². The van der Waals surface area contributed by atoms with E-state index in [4.69, 9.17) is 4.74 Å². The predicted octanol–water partition coefficient (Wildman–Crippen LogP) is 3.27. The number of methoxy groups -OCH3 is 1. The highest BCUT2D eigenvalue weighted by atomic mass is 16.5. The summed E-state index contributed by atoms with van der Waals surface area (Å²) in [6, 6.07) is 10.1. The molecule has 22 heavy (non-hydrogen) atoms. The number of hydrogen-bond donors (Lipinski definition) is 2. The number of hydrogen-bond acceptors (Lipinski definition) is 5. The first kappa shape index (κ1) is 16.1. The standard InChI is InChI=1S/C17H24N4O/c1-4-9-19-17-20-13(2)11-16(21-17)18-10-8-14-6-5-7-15(12-14)22-3/h5-7,11-12H,4,8-10H2,1-3H3,(H2,18,19,20,21). The SMILES string of the molecule is CCCNc1nc(C)cc(NCCc2cccc(OC)c2)n1. The van der Waals surface area contributed by atoms with Gasteiger partial charge in [-0.1, -0.05) is 19.1 Å². The molecule has 1 heterocycles. The molecular weight excluding hydrogens is 276 g/mol. The molecule has 1 aromatic heterocycles. The van der Waals surface area contributed by atoms with Gasteiger partial charge in [-0.25, -0.2) is 4.98 Å². The average molecular weight is 300 g/mol. The average Bonchev–Trinajstić information content (AvgIpc) is 2.53. The van der Waals surface area contributed by atoms with Crippen molar-refractivity contribution < 1.29 is 4.74 Å². The fourth-order valence-corrected chi connectivity index (χ4v) is 2.14. The summed E-state index contributed by atoms with van der Waals surface area (Å²) in [4.78, 5) is 8.86. The number of benzene rings is 1. The molecule has 0 saturated carbocycles. The van der Waals surface area contributed by atoms with Crippen LogP contribution < -0.4 is 15.4 Å². The van der Waals surface area contributed by atoms with Gasteiger partial charge in [0.05, 0.1) is 7.11 Å². The van der Waals surface area contributed by atoms with Crippen molar-refractivity contribution in [2.45, 2.75) is 26.7 Å². The Balaban J connectivity index is 1.91. The largest absolute Gasteiger partial charge is 0.497 e. The van der Waals surface area contributed by atoms with E-state index in [1.54, 1.807) is 7.11 Å². The van der Waals surface area contributed by atoms with Crippen molar-refractivity contribution in [1.29, 1.82) is 0 Å². The first-order valence-corrected chi connectivity index (χ1v) is 7.67. The molecule has 0 radical (unpaired) electrons. The minimum absolute atomic E-state index is 0.686. The number of nitrogens with zero attached hydrogens (tertiary/aromatic N) is 2. The van der Waals surface area contributed by atoms with Crippen molar-refractivity contribution in [2.75, 3.05) is 30.8 Å². The highest BCUT2D eigenvalue weighted by Crippen LogP contribution is 2.14. The zero-order chi connectivity index (χ0) is 15.8. The van der Waals surface area contributed by atoms with Crippen LogP contribution in [-0.4, -0.2) is 30.2 Å². The maximum Gasteiger partial charge on any atom is 0.224 e. The number of aryl methyl sites for hydroxylation is 1. The van der Waals surface area contributed by atoms with Gasteiger partial charge in [-0.3, -0.25) is 0 Å². The third kappa shape index (κ3) is 4.91. The Hall–Kier alpha value is -2.30. The molecule has 118 valence electrons. The topological polar surface area (TPSA) is 59.1 Å². The lowest BCUT2D eigenvalue weighted by Crippen LogP contribution is -2.10. The van der Waals surface area contributed by atoms with Gasteiger partial charge in [0.1, 0.15) is 11.6 Å². The normalized spacial score (nSPS) is 10.3. The highest BCUT2D eigenvalue weighted by Gasteiger charge is 2.02. The van der Waals surface area contributed by atoms with E-state index >= 15 is 0 Å². The lowest BCUT2D eigenvalue weighted by molar-refractivity contribution is 0.414. The Kier molecular flexibility index (Phi) is 6.01. The van der Waals surface area contributed by atoms with Gasteiger partial charge in [-0.15, -0.1) is 0 Å². The summed E-state index contributed by atoms with van der Waals surface area (Å²) in [6.45, 7) is 5.80. The van der Waals surface area contributed by atoms with Crippen LogP contribution in [-0.2, 0) is 6.42 Å². The summed E-state index contributed by atoms with van der Waals surface area (Å²) < 4.78 is 5.24. The summed E-state index contributed by atoms with van der Waals surface area (Å²) in [5.74, 6) is 2.43. The fourth-order valence-electron chi connectivity index (χ4n) is 2.14. The third-order valence-corrected chi connectivity index (χ3v) is 3.24. The molecule has 2 aromatic rings. The van der Waals surface area contributed by atoms with Crippen LogP contribution >= 0.6 is 0 Å². The Morgan fingerprint density at radius 3 is 2.73 bits per heavy atom. The second kappa shape index (κ2) is 8.22. The molecule has 5 heteroatoms. The second-order valence-corrected chi connectivity index (χ2v) is 5.17. The summed E-state index contributed by atoms with van der Waals surface area (Å²) in [6.07, 6.45) is 1.97. The maximum absolute atomic E-state index is 5.24. The summed E-state index contributed by atoms with van der Waals surface area (Å²) in [5.41, 5.74) is 2.19. The lowest BCUT2D eigenvalue weighted by Gasteiger charge is -2.10. The van der Waals surface area contributed by atoms with Gasteiger partial charge in [-0.2, -0.15) is 4.98 Å². The van der Waals surface area contributed by atoms with Crippen molar-refractivity contribution in [2.24, 2.45) is 0 Å². The van der Waals surface area contributed by atoms with Gasteiger partial charge >= 0.3 is 0 Å². The zero-order valence-corrected chi connectivity index (χ0v) is 13.5. The number of ether oxygens (including phenoxy) is 1. The van der Waals surface area contributed by atoms with Crippen LogP contribution in [0.25, 0.3) is 0 Å². The minimum atomic E-state index is 0.686. The van der Waals surface area contributed by atoms with Gasteiger partial charge in [0.25, 0.3) is 0 Å². The monoisotopic (exact) mass is 300 g/mol. The van der Waals surface area contributed by atoms with Crippen molar-refractivity contribution >= 4 is 11.8 Å². The molecule has 0 amide bonds. The first-order chi connectivity index (χ1) is 10.7. The van der Waals surface area contributed by atoms with Crippen molar-refractivity contribution in [3.63, 3.8) is 0 Å². The van der Waals surface area contributed by atoms with Gasteiger partial charge in [0, 0.05) is 24.8 Å². The van der Waals surface area contributed by atoms with Crippen LogP contribution in [0.1, 0.15) is 24.6 Å². The van der Waals surface area contributed by atoms with E-state index in [0.29, 0.717) is 5.95 Å². The Bertz CT molecular complexity index is 601. The summed E-state index contributed by atoms with van der Waals surface area (Å²) in [7, 11) is 1.69. The molecule has 0 saturated heterocycles. The smallest absolute Gasteiger partial charge is 0.224 e. The van der Waals surface area contributed by atoms with Gasteiger partial charge < -0.3 is 15.4 Å². The molecule has 0 spiro atoms. The Morgan fingerprint density at radius 2 is 1.95 bits per heavy atom. The molecule has 2 rings (SSSR count). The van der Waals surface area contributed by atoms with E-state index in [0.717, 1.165) is 43.2 Å². The first-order valence-electron chi connectivity index (χ1n) is 7.67. The number of rotatable bonds is 8. The minimum Gasteiger partial charge on any atom is -0.497 e. The predicted molar refractivity (Wildman–Crippen MR) is 90.7 cm³/mol. The van der Waals surface area contributed by atoms with Gasteiger partial charge in [0.15, 0.2) is 0 Å². The molecule has 0 aliphatic heterocycles. The summed E-state index contributed by atoms with van der Waals surface area (Å²) in [5, 5.41) is 6.58. The molecular formula is C17H24N4O. The highest BCUT2D eigenvalue weighted by molar-refractivity contribution is 5.42. The molecule has 1 aromatic carbocycles. The third-order valence-electron chi connectivity index (χ3n) is 3.24. The van der Waals surface area contributed by atoms with Crippen LogP contribution in [0.5, 0.6) is 5.75 Å². The fraction of sp³-hybridized carbons (Fsp3) is 0.412. The Morgan fingerprint density at radius 1 is 1.09 bits per heavy atom. The van der Waals surface area contributed by atoms with Crippen LogP contribution in [0.2, 0.25) is 0 Å². The molecule has 0 aliphatic rings. The zero-order valence-electron chi connectivity index (χ0n) is 13.5. The van der Waals surface area contributed by atoms with E-state index < -0.39 is 0 Å². The molecule has 0 bridgehead atoms. The van der Waals surface area contributed by atoms with E-state index in [2.05, 4.69) is 39.7 Å². The molecule has 5 nitrogen and oxygen atoms in total. The van der Waals surface area contributed by atoms with Gasteiger partial charge in [0.2, 0.25) is 5.95 Å². The second-order valence-electron chi connectivity index (χ2n) is 5.17. The van der Waals surface area contributed by atoms with E-state index in [1.807, 2.05) is 25.1 Å². The lowest BCUT2D eigenvalue weighted by atomic mass is 10.1. The van der Waals surface area contributed by atoms with E-state index in [1.165, 1.54) is 5.56 Å². The molecule has 0 fully saturated rings.